The molecule has 19 heavy (non-hydrogen) atoms. The average Bonchev–Trinajstić information content (AvgIpc) is 2.42. The van der Waals surface area contributed by atoms with Crippen molar-refractivity contribution in [3.8, 4) is 11.8 Å². The first-order valence-corrected chi connectivity index (χ1v) is 6.00. The minimum Gasteiger partial charge on any atom is -0.320 e. The van der Waals surface area contributed by atoms with Crippen LogP contribution in [-0.2, 0) is 6.54 Å². The molecule has 0 bridgehead atoms. The van der Waals surface area contributed by atoms with Crippen molar-refractivity contribution in [2.45, 2.75) is 13.5 Å². The standard InChI is InChI=1S/C15H15N3O/c1-12-9-17-15(19)18(10-12)11-14-6-4-13(5-7-14)3-2-8-16/h4-7,9-10H,8,11,16H2,1H3. The van der Waals surface area contributed by atoms with E-state index in [-0.39, 0.29) is 5.69 Å². The van der Waals surface area contributed by atoms with Crippen LogP contribution in [0.1, 0.15) is 16.7 Å². The van der Waals surface area contributed by atoms with Crippen LogP contribution in [0, 0.1) is 18.8 Å². The van der Waals surface area contributed by atoms with Crippen LogP contribution in [0.25, 0.3) is 0 Å². The fourth-order valence-electron chi connectivity index (χ4n) is 1.72. The van der Waals surface area contributed by atoms with Crippen molar-refractivity contribution in [2.24, 2.45) is 5.73 Å². The number of benzene rings is 1. The Morgan fingerprint density at radius 3 is 2.74 bits per heavy atom. The summed E-state index contributed by atoms with van der Waals surface area (Å²) in [6, 6.07) is 7.75. The molecule has 1 aromatic carbocycles. The van der Waals surface area contributed by atoms with Crippen molar-refractivity contribution >= 4 is 0 Å². The van der Waals surface area contributed by atoms with Gasteiger partial charge in [-0.25, -0.2) is 9.78 Å². The van der Waals surface area contributed by atoms with Gasteiger partial charge in [-0.15, -0.1) is 0 Å². The van der Waals surface area contributed by atoms with Crippen LogP contribution in [0.5, 0.6) is 0 Å². The first-order valence-electron chi connectivity index (χ1n) is 6.00. The van der Waals surface area contributed by atoms with E-state index < -0.39 is 0 Å². The molecule has 0 aliphatic heterocycles. The van der Waals surface area contributed by atoms with Crippen LogP contribution in [-0.4, -0.2) is 16.1 Å². The third kappa shape index (κ3) is 3.54. The zero-order chi connectivity index (χ0) is 13.7. The Kier molecular flexibility index (Phi) is 4.11. The second-order valence-electron chi connectivity index (χ2n) is 4.24. The molecule has 2 aromatic rings. The van der Waals surface area contributed by atoms with Gasteiger partial charge in [0.25, 0.3) is 0 Å². The summed E-state index contributed by atoms with van der Waals surface area (Å²) >= 11 is 0. The Morgan fingerprint density at radius 2 is 2.05 bits per heavy atom. The number of hydrogen-bond acceptors (Lipinski definition) is 3. The molecule has 1 heterocycles. The predicted octanol–water partition coefficient (Wildman–Crippen LogP) is 0.910. The number of nitrogens with two attached hydrogens (primary N) is 1. The van der Waals surface area contributed by atoms with Gasteiger partial charge in [0, 0.05) is 18.0 Å². The number of aryl methyl sites for hydroxylation is 1. The van der Waals surface area contributed by atoms with Gasteiger partial charge < -0.3 is 5.73 Å². The maximum Gasteiger partial charge on any atom is 0.347 e. The average molecular weight is 253 g/mol. The van der Waals surface area contributed by atoms with E-state index in [0.29, 0.717) is 13.1 Å². The van der Waals surface area contributed by atoms with E-state index in [2.05, 4.69) is 16.8 Å². The normalized spacial score (nSPS) is 9.79. The molecule has 4 nitrogen and oxygen atoms in total. The van der Waals surface area contributed by atoms with E-state index >= 15 is 0 Å². The third-order valence-corrected chi connectivity index (χ3v) is 2.63. The lowest BCUT2D eigenvalue weighted by atomic mass is 10.1. The summed E-state index contributed by atoms with van der Waals surface area (Å²) < 4.78 is 1.59. The van der Waals surface area contributed by atoms with Gasteiger partial charge in [-0.05, 0) is 30.2 Å². The van der Waals surface area contributed by atoms with Crippen LogP contribution in [0.15, 0.2) is 41.5 Å². The van der Waals surface area contributed by atoms with Crippen molar-refractivity contribution in [1.82, 2.24) is 9.55 Å². The summed E-state index contributed by atoms with van der Waals surface area (Å²) in [5.74, 6) is 5.76. The van der Waals surface area contributed by atoms with Crippen LogP contribution in [0.3, 0.4) is 0 Å². The largest absolute Gasteiger partial charge is 0.347 e. The molecule has 2 rings (SSSR count). The molecule has 0 saturated heterocycles. The molecule has 0 spiro atoms. The Balaban J connectivity index is 2.20. The molecule has 4 heteroatoms. The van der Waals surface area contributed by atoms with Crippen molar-refractivity contribution in [1.29, 1.82) is 0 Å². The lowest BCUT2D eigenvalue weighted by molar-refractivity contribution is 0.721. The zero-order valence-electron chi connectivity index (χ0n) is 10.8. The third-order valence-electron chi connectivity index (χ3n) is 2.63. The maximum atomic E-state index is 11.6. The molecule has 0 saturated carbocycles. The SMILES string of the molecule is Cc1cnc(=O)n(Cc2ccc(C#CCN)cc2)c1. The number of hydrogen-bond donors (Lipinski definition) is 1. The highest BCUT2D eigenvalue weighted by molar-refractivity contribution is 5.36. The molecule has 2 N–H and O–H groups in total. The summed E-state index contributed by atoms with van der Waals surface area (Å²) in [5, 5.41) is 0. The second kappa shape index (κ2) is 5.98. The summed E-state index contributed by atoms with van der Waals surface area (Å²) in [7, 11) is 0. The fraction of sp³-hybridized carbons (Fsp3) is 0.200. The van der Waals surface area contributed by atoms with E-state index in [0.717, 1.165) is 16.7 Å². The first kappa shape index (κ1) is 13.1. The second-order valence-corrected chi connectivity index (χ2v) is 4.24. The number of aromatic nitrogens is 2. The van der Waals surface area contributed by atoms with Gasteiger partial charge in [0.05, 0.1) is 13.1 Å². The monoisotopic (exact) mass is 253 g/mol. The van der Waals surface area contributed by atoms with E-state index in [4.69, 9.17) is 5.73 Å². The number of rotatable bonds is 2. The minimum absolute atomic E-state index is 0.238. The quantitative estimate of drug-likeness (QED) is 0.809. The van der Waals surface area contributed by atoms with Gasteiger partial charge in [0.15, 0.2) is 0 Å². The van der Waals surface area contributed by atoms with Crippen LogP contribution >= 0.6 is 0 Å². The highest BCUT2D eigenvalue weighted by atomic mass is 16.1. The smallest absolute Gasteiger partial charge is 0.320 e. The van der Waals surface area contributed by atoms with Crippen LogP contribution in [0.4, 0.5) is 0 Å². The lowest BCUT2D eigenvalue weighted by Crippen LogP contribution is -2.22. The molecule has 0 aliphatic carbocycles. The molecule has 0 unspecified atom stereocenters. The van der Waals surface area contributed by atoms with Crippen molar-refractivity contribution in [3.63, 3.8) is 0 Å². The van der Waals surface area contributed by atoms with Gasteiger partial charge in [0.2, 0.25) is 0 Å². The topological polar surface area (TPSA) is 60.9 Å². The van der Waals surface area contributed by atoms with Gasteiger partial charge in [-0.2, -0.15) is 0 Å². The Morgan fingerprint density at radius 1 is 1.32 bits per heavy atom. The molecule has 1 aromatic heterocycles. The van der Waals surface area contributed by atoms with E-state index in [1.54, 1.807) is 17.0 Å². The summed E-state index contributed by atoms with van der Waals surface area (Å²) in [6.45, 7) is 2.78. The lowest BCUT2D eigenvalue weighted by Gasteiger charge is -2.05. The minimum atomic E-state index is -0.238. The van der Waals surface area contributed by atoms with Gasteiger partial charge in [-0.1, -0.05) is 24.0 Å². The van der Waals surface area contributed by atoms with Gasteiger partial charge in [0.1, 0.15) is 0 Å². The molecular weight excluding hydrogens is 238 g/mol. The van der Waals surface area contributed by atoms with E-state index in [1.165, 1.54) is 0 Å². The predicted molar refractivity (Wildman–Crippen MR) is 74.7 cm³/mol. The molecule has 0 aliphatic rings. The molecule has 0 atom stereocenters. The van der Waals surface area contributed by atoms with Crippen molar-refractivity contribution in [2.75, 3.05) is 6.54 Å². The van der Waals surface area contributed by atoms with Crippen LogP contribution in [0.2, 0.25) is 0 Å². The highest BCUT2D eigenvalue weighted by Crippen LogP contribution is 2.05. The fourth-order valence-corrected chi connectivity index (χ4v) is 1.72. The molecule has 0 fully saturated rings. The molecule has 0 amide bonds. The van der Waals surface area contributed by atoms with E-state index in [9.17, 15) is 4.79 Å². The van der Waals surface area contributed by atoms with Crippen molar-refractivity contribution < 1.29 is 0 Å². The Labute approximate surface area is 111 Å². The molecule has 0 radical (unpaired) electrons. The summed E-state index contributed by atoms with van der Waals surface area (Å²) in [6.07, 6.45) is 3.38. The summed E-state index contributed by atoms with van der Waals surface area (Å²) in [5.41, 5.74) is 8.00. The Bertz CT molecular complexity index is 675. The van der Waals surface area contributed by atoms with Gasteiger partial charge in [-0.3, -0.25) is 4.57 Å². The van der Waals surface area contributed by atoms with Gasteiger partial charge >= 0.3 is 5.69 Å². The maximum absolute atomic E-state index is 11.6. The van der Waals surface area contributed by atoms with Crippen molar-refractivity contribution in [3.05, 3.63) is 63.8 Å². The highest BCUT2D eigenvalue weighted by Gasteiger charge is 1.99. The number of nitrogens with zero attached hydrogens (tertiary/aromatic N) is 2. The summed E-state index contributed by atoms with van der Waals surface area (Å²) in [4.78, 5) is 15.4. The zero-order valence-corrected chi connectivity index (χ0v) is 10.8. The molecular formula is C15H15N3O. The first-order chi connectivity index (χ1) is 9.19. The Hall–Kier alpha value is -2.38. The van der Waals surface area contributed by atoms with E-state index in [1.807, 2.05) is 31.2 Å². The van der Waals surface area contributed by atoms with Crippen LogP contribution < -0.4 is 11.4 Å². The molecule has 96 valence electrons.